The number of piperazine rings is 1. The summed E-state index contributed by atoms with van der Waals surface area (Å²) in [5.41, 5.74) is 1.16. The van der Waals surface area contributed by atoms with Crippen LogP contribution in [0.2, 0.25) is 0 Å². The number of hydrogen-bond donors (Lipinski definition) is 1. The summed E-state index contributed by atoms with van der Waals surface area (Å²) in [6, 6.07) is 15.6. The van der Waals surface area contributed by atoms with Crippen molar-refractivity contribution < 1.29 is 14.0 Å². The summed E-state index contributed by atoms with van der Waals surface area (Å²) in [5, 5.41) is 11.9. The fourth-order valence-corrected chi connectivity index (χ4v) is 4.99. The predicted octanol–water partition coefficient (Wildman–Crippen LogP) is 3.37. The number of aromatic nitrogens is 3. The van der Waals surface area contributed by atoms with Crippen LogP contribution in [-0.2, 0) is 11.3 Å². The summed E-state index contributed by atoms with van der Waals surface area (Å²) in [5.74, 6) is -0.201. The number of carbonyl (C=O) groups is 2. The second kappa shape index (κ2) is 11.4. The number of benzene rings is 2. The van der Waals surface area contributed by atoms with E-state index in [0.717, 1.165) is 13.1 Å². The van der Waals surface area contributed by atoms with E-state index in [0.29, 0.717) is 30.6 Å². The van der Waals surface area contributed by atoms with Crippen LogP contribution in [0.15, 0.2) is 59.8 Å². The summed E-state index contributed by atoms with van der Waals surface area (Å²) in [4.78, 5) is 29.5. The van der Waals surface area contributed by atoms with Crippen molar-refractivity contribution in [3.05, 3.63) is 71.8 Å². The smallest absolute Gasteiger partial charge is 0.254 e. The number of thioether (sulfide) groups is 1. The minimum absolute atomic E-state index is 0.0190. The van der Waals surface area contributed by atoms with Crippen LogP contribution in [0, 0.1) is 5.82 Å². The van der Waals surface area contributed by atoms with Crippen molar-refractivity contribution in [3.8, 4) is 0 Å². The number of halogens is 1. The minimum Gasteiger partial charge on any atom is -0.368 e. The van der Waals surface area contributed by atoms with Crippen LogP contribution in [0.4, 0.5) is 10.1 Å². The maximum atomic E-state index is 13.9. The van der Waals surface area contributed by atoms with Crippen LogP contribution in [0.1, 0.15) is 36.1 Å². The molecule has 0 spiro atoms. The van der Waals surface area contributed by atoms with Gasteiger partial charge < -0.3 is 19.7 Å². The predicted molar refractivity (Wildman–Crippen MR) is 134 cm³/mol. The number of anilines is 1. The molecule has 2 aromatic carbocycles. The number of carbonyl (C=O) groups excluding carboxylic acids is 2. The van der Waals surface area contributed by atoms with Crippen LogP contribution < -0.4 is 10.2 Å². The second-order valence-electron chi connectivity index (χ2n) is 8.25. The Bertz CT molecular complexity index is 1160. The molecule has 184 valence electrons. The molecule has 1 aromatic heterocycles. The van der Waals surface area contributed by atoms with Gasteiger partial charge in [0.1, 0.15) is 5.82 Å². The number of amides is 2. The zero-order valence-electron chi connectivity index (χ0n) is 19.9. The van der Waals surface area contributed by atoms with Gasteiger partial charge in [0.25, 0.3) is 5.91 Å². The third-order valence-electron chi connectivity index (χ3n) is 5.99. The SMILES string of the molecule is CCn1c(SCC(=O)N2CCN(c3ccccc3)CC2)nnc1C(C)NC(=O)c1ccccc1F. The molecule has 1 aliphatic heterocycles. The van der Waals surface area contributed by atoms with Gasteiger partial charge in [-0.05, 0) is 38.1 Å². The first-order valence-corrected chi connectivity index (χ1v) is 12.7. The van der Waals surface area contributed by atoms with Gasteiger partial charge in [0.2, 0.25) is 5.91 Å². The molecule has 2 amide bonds. The second-order valence-corrected chi connectivity index (χ2v) is 9.19. The molecule has 0 bridgehead atoms. The van der Waals surface area contributed by atoms with Gasteiger partial charge in [-0.15, -0.1) is 10.2 Å². The highest BCUT2D eigenvalue weighted by atomic mass is 32.2. The van der Waals surface area contributed by atoms with Crippen molar-refractivity contribution in [1.29, 1.82) is 0 Å². The molecule has 35 heavy (non-hydrogen) atoms. The minimum atomic E-state index is -0.575. The van der Waals surface area contributed by atoms with Gasteiger partial charge in [-0.2, -0.15) is 0 Å². The summed E-state index contributed by atoms with van der Waals surface area (Å²) < 4.78 is 15.8. The van der Waals surface area contributed by atoms with E-state index in [9.17, 15) is 14.0 Å². The maximum Gasteiger partial charge on any atom is 0.254 e. The number of hydrogen-bond acceptors (Lipinski definition) is 6. The summed E-state index contributed by atoms with van der Waals surface area (Å²) in [6.07, 6.45) is 0. The fraction of sp³-hybridized carbons (Fsp3) is 0.360. The topological polar surface area (TPSA) is 83.4 Å². The van der Waals surface area contributed by atoms with Crippen LogP contribution in [0.3, 0.4) is 0 Å². The molecule has 1 fully saturated rings. The molecule has 1 saturated heterocycles. The molecule has 0 aliphatic carbocycles. The molecule has 1 unspecified atom stereocenters. The Balaban J connectivity index is 1.32. The van der Waals surface area contributed by atoms with E-state index in [1.165, 1.54) is 35.6 Å². The molecule has 10 heteroatoms. The molecule has 0 radical (unpaired) electrons. The van der Waals surface area contributed by atoms with Crippen LogP contribution in [0.5, 0.6) is 0 Å². The third kappa shape index (κ3) is 5.82. The van der Waals surface area contributed by atoms with Crippen LogP contribution >= 0.6 is 11.8 Å². The van der Waals surface area contributed by atoms with Gasteiger partial charge in [0.15, 0.2) is 11.0 Å². The number of nitrogens with one attached hydrogen (secondary N) is 1. The van der Waals surface area contributed by atoms with Gasteiger partial charge in [0.05, 0.1) is 17.4 Å². The zero-order valence-corrected chi connectivity index (χ0v) is 20.7. The standard InChI is InChI=1S/C25H29FN6O2S/c1-3-32-23(18(2)27-24(34)20-11-7-8-12-21(20)26)28-29-25(32)35-17-22(33)31-15-13-30(14-16-31)19-9-5-4-6-10-19/h4-12,18H,3,13-17H2,1-2H3,(H,27,34). The quantitative estimate of drug-likeness (QED) is 0.482. The van der Waals surface area contributed by atoms with Gasteiger partial charge in [0, 0.05) is 38.4 Å². The lowest BCUT2D eigenvalue weighted by molar-refractivity contribution is -0.128. The molecule has 8 nitrogen and oxygen atoms in total. The number of para-hydroxylation sites is 1. The Kier molecular flexibility index (Phi) is 8.02. The average molecular weight is 497 g/mol. The van der Waals surface area contributed by atoms with E-state index >= 15 is 0 Å². The lowest BCUT2D eigenvalue weighted by atomic mass is 10.2. The van der Waals surface area contributed by atoms with Crippen molar-refractivity contribution in [3.63, 3.8) is 0 Å². The first kappa shape index (κ1) is 24.7. The monoisotopic (exact) mass is 496 g/mol. The normalized spacial score (nSPS) is 14.6. The van der Waals surface area contributed by atoms with E-state index in [2.05, 4.69) is 32.5 Å². The molecule has 0 saturated carbocycles. The van der Waals surface area contributed by atoms with E-state index in [-0.39, 0.29) is 17.2 Å². The Labute approximate surface area is 208 Å². The largest absolute Gasteiger partial charge is 0.368 e. The first-order valence-electron chi connectivity index (χ1n) is 11.7. The lowest BCUT2D eigenvalue weighted by Gasteiger charge is -2.36. The highest BCUT2D eigenvalue weighted by Crippen LogP contribution is 2.22. The van der Waals surface area contributed by atoms with E-state index in [4.69, 9.17) is 0 Å². The lowest BCUT2D eigenvalue weighted by Crippen LogP contribution is -2.49. The highest BCUT2D eigenvalue weighted by molar-refractivity contribution is 7.99. The van der Waals surface area contributed by atoms with Crippen molar-refractivity contribution >= 4 is 29.3 Å². The fourth-order valence-electron chi connectivity index (χ4n) is 4.08. The third-order valence-corrected chi connectivity index (χ3v) is 6.95. The molecule has 2 heterocycles. The van der Waals surface area contributed by atoms with Crippen molar-refractivity contribution in [2.45, 2.75) is 31.6 Å². The Morgan fingerprint density at radius 1 is 1.03 bits per heavy atom. The van der Waals surface area contributed by atoms with Crippen LogP contribution in [-0.4, -0.2) is 63.4 Å². The van der Waals surface area contributed by atoms with Gasteiger partial charge in [-0.25, -0.2) is 4.39 Å². The Hall–Kier alpha value is -3.40. The summed E-state index contributed by atoms with van der Waals surface area (Å²) in [6.45, 7) is 7.27. The molecule has 1 N–H and O–H groups in total. The van der Waals surface area contributed by atoms with Gasteiger partial charge in [-0.1, -0.05) is 42.1 Å². The molecule has 1 aliphatic rings. The number of rotatable bonds is 8. The molecular weight excluding hydrogens is 467 g/mol. The Morgan fingerprint density at radius 2 is 1.71 bits per heavy atom. The van der Waals surface area contributed by atoms with Crippen LogP contribution in [0.25, 0.3) is 0 Å². The number of nitrogens with zero attached hydrogens (tertiary/aromatic N) is 5. The molecular formula is C25H29FN6O2S. The Morgan fingerprint density at radius 3 is 2.40 bits per heavy atom. The molecule has 3 aromatic rings. The van der Waals surface area contributed by atoms with Crippen molar-refractivity contribution in [1.82, 2.24) is 25.0 Å². The maximum absolute atomic E-state index is 13.9. The zero-order chi connectivity index (χ0) is 24.8. The van der Waals surface area contributed by atoms with Crippen molar-refractivity contribution in [2.24, 2.45) is 0 Å². The first-order chi connectivity index (χ1) is 17.0. The van der Waals surface area contributed by atoms with Crippen molar-refractivity contribution in [2.75, 3.05) is 36.8 Å². The van der Waals surface area contributed by atoms with E-state index in [1.54, 1.807) is 13.0 Å². The molecule has 4 rings (SSSR count). The van der Waals surface area contributed by atoms with Gasteiger partial charge >= 0.3 is 0 Å². The van der Waals surface area contributed by atoms with Gasteiger partial charge in [-0.3, -0.25) is 9.59 Å². The summed E-state index contributed by atoms with van der Waals surface area (Å²) >= 11 is 1.34. The summed E-state index contributed by atoms with van der Waals surface area (Å²) in [7, 11) is 0. The average Bonchev–Trinajstić information content (AvgIpc) is 3.31. The molecule has 1 atom stereocenters. The van der Waals surface area contributed by atoms with E-state index < -0.39 is 17.8 Å². The van der Waals surface area contributed by atoms with E-state index in [1.807, 2.05) is 34.6 Å². The highest BCUT2D eigenvalue weighted by Gasteiger charge is 2.24.